The molecule has 2 rings (SSSR count). The van der Waals surface area contributed by atoms with Crippen LogP contribution in [0.1, 0.15) is 31.2 Å². The van der Waals surface area contributed by atoms with E-state index in [4.69, 9.17) is 0 Å². The third kappa shape index (κ3) is 2.35. The lowest BCUT2D eigenvalue weighted by molar-refractivity contribution is 0.604. The van der Waals surface area contributed by atoms with Crippen molar-refractivity contribution in [3.63, 3.8) is 0 Å². The first-order valence-electron chi connectivity index (χ1n) is 5.64. The van der Waals surface area contributed by atoms with Gasteiger partial charge in [0.15, 0.2) is 0 Å². The van der Waals surface area contributed by atoms with E-state index in [1.807, 2.05) is 11.3 Å². The lowest BCUT2D eigenvalue weighted by Gasteiger charge is -2.15. The Labute approximate surface area is 102 Å². The summed E-state index contributed by atoms with van der Waals surface area (Å²) in [6.07, 6.45) is 0. The van der Waals surface area contributed by atoms with Gasteiger partial charge < -0.3 is 0 Å². The van der Waals surface area contributed by atoms with Crippen LogP contribution in [0.2, 0.25) is 0 Å². The predicted molar refractivity (Wildman–Crippen MR) is 73.2 cm³/mol. The second kappa shape index (κ2) is 4.06. The van der Waals surface area contributed by atoms with E-state index < -0.39 is 0 Å². The van der Waals surface area contributed by atoms with Crippen LogP contribution in [0.15, 0.2) is 36.4 Å². The molecule has 0 atom stereocenters. The van der Waals surface area contributed by atoms with E-state index in [1.165, 1.54) is 20.9 Å². The first kappa shape index (κ1) is 11.4. The van der Waals surface area contributed by atoms with E-state index >= 15 is 0 Å². The van der Waals surface area contributed by atoms with E-state index in [-0.39, 0.29) is 5.41 Å². The van der Waals surface area contributed by atoms with Crippen molar-refractivity contribution in [3.8, 4) is 10.4 Å². The molecule has 0 unspecified atom stereocenters. The van der Waals surface area contributed by atoms with Gasteiger partial charge in [0.1, 0.15) is 0 Å². The minimum absolute atomic E-state index is 0.257. The van der Waals surface area contributed by atoms with Gasteiger partial charge in [0, 0.05) is 9.75 Å². The van der Waals surface area contributed by atoms with Gasteiger partial charge in [-0.3, -0.25) is 0 Å². The molecule has 0 aliphatic heterocycles. The summed E-state index contributed by atoms with van der Waals surface area (Å²) >= 11 is 1.90. The van der Waals surface area contributed by atoms with E-state index in [9.17, 15) is 0 Å². The summed E-state index contributed by atoms with van der Waals surface area (Å²) in [6.45, 7) is 8.93. The monoisotopic (exact) mass is 230 g/mol. The molecule has 16 heavy (non-hydrogen) atoms. The van der Waals surface area contributed by atoms with Crippen molar-refractivity contribution >= 4 is 11.3 Å². The second-order valence-corrected chi connectivity index (χ2v) is 6.37. The summed E-state index contributed by atoms with van der Waals surface area (Å²) in [5, 5.41) is 0. The Morgan fingerprint density at radius 3 is 2.31 bits per heavy atom. The average Bonchev–Trinajstić information content (AvgIpc) is 2.65. The molecule has 0 aliphatic carbocycles. The summed E-state index contributed by atoms with van der Waals surface area (Å²) in [5.41, 5.74) is 2.91. The zero-order valence-corrected chi connectivity index (χ0v) is 11.2. The van der Waals surface area contributed by atoms with Crippen LogP contribution in [0.3, 0.4) is 0 Å². The Hall–Kier alpha value is -1.08. The highest BCUT2D eigenvalue weighted by molar-refractivity contribution is 7.15. The Morgan fingerprint density at radius 1 is 1.00 bits per heavy atom. The zero-order valence-electron chi connectivity index (χ0n) is 10.4. The molecule has 0 bridgehead atoms. The number of hydrogen-bond donors (Lipinski definition) is 0. The Bertz CT molecular complexity index is 486. The van der Waals surface area contributed by atoms with Crippen LogP contribution >= 0.6 is 11.3 Å². The largest absolute Gasteiger partial charge is 0.140 e. The minimum atomic E-state index is 0.257. The quantitative estimate of drug-likeness (QED) is 0.645. The highest BCUT2D eigenvalue weighted by atomic mass is 32.1. The van der Waals surface area contributed by atoms with Crippen molar-refractivity contribution in [1.82, 2.24) is 0 Å². The molecule has 0 N–H and O–H groups in total. The molecule has 0 spiro atoms. The van der Waals surface area contributed by atoms with Gasteiger partial charge in [-0.05, 0) is 30.0 Å². The van der Waals surface area contributed by atoms with Gasteiger partial charge in [0.05, 0.1) is 0 Å². The van der Waals surface area contributed by atoms with Crippen molar-refractivity contribution in [2.75, 3.05) is 0 Å². The lowest BCUT2D eigenvalue weighted by Crippen LogP contribution is -2.07. The maximum Gasteiger partial charge on any atom is 0.0345 e. The fourth-order valence-corrected chi connectivity index (χ4v) is 2.75. The van der Waals surface area contributed by atoms with Gasteiger partial charge in [0.2, 0.25) is 0 Å². The Kier molecular flexibility index (Phi) is 2.90. The summed E-state index contributed by atoms with van der Waals surface area (Å²) in [6, 6.07) is 13.2. The SMILES string of the molecule is Cc1cccc(-c2ccc(C(C)(C)C)s2)c1. The smallest absolute Gasteiger partial charge is 0.0345 e. The third-order valence-electron chi connectivity index (χ3n) is 2.65. The van der Waals surface area contributed by atoms with Crippen molar-refractivity contribution in [2.24, 2.45) is 0 Å². The summed E-state index contributed by atoms with van der Waals surface area (Å²) < 4.78 is 0. The van der Waals surface area contributed by atoms with Crippen LogP contribution in [0.5, 0.6) is 0 Å². The maximum atomic E-state index is 2.26. The molecule has 0 amide bonds. The number of hydrogen-bond acceptors (Lipinski definition) is 1. The average molecular weight is 230 g/mol. The minimum Gasteiger partial charge on any atom is -0.140 e. The van der Waals surface area contributed by atoms with Crippen molar-refractivity contribution in [3.05, 3.63) is 46.8 Å². The number of aryl methyl sites for hydroxylation is 1. The van der Waals surface area contributed by atoms with Crippen LogP contribution < -0.4 is 0 Å². The molecule has 0 fully saturated rings. The number of benzene rings is 1. The molecule has 1 heterocycles. The fraction of sp³-hybridized carbons (Fsp3) is 0.333. The van der Waals surface area contributed by atoms with Gasteiger partial charge in [-0.1, -0.05) is 50.6 Å². The van der Waals surface area contributed by atoms with E-state index in [0.29, 0.717) is 0 Å². The molecule has 1 heteroatoms. The molecule has 0 nitrogen and oxygen atoms in total. The topological polar surface area (TPSA) is 0 Å². The molecule has 1 aromatic carbocycles. The van der Waals surface area contributed by atoms with Crippen LogP contribution in [0.4, 0.5) is 0 Å². The highest BCUT2D eigenvalue weighted by Crippen LogP contribution is 2.35. The molecular weight excluding hydrogens is 212 g/mol. The van der Waals surface area contributed by atoms with E-state index in [1.54, 1.807) is 0 Å². The van der Waals surface area contributed by atoms with Crippen LogP contribution in [-0.2, 0) is 5.41 Å². The summed E-state index contributed by atoms with van der Waals surface area (Å²) in [7, 11) is 0. The Balaban J connectivity index is 2.39. The van der Waals surface area contributed by atoms with E-state index in [0.717, 1.165) is 0 Å². The van der Waals surface area contributed by atoms with Gasteiger partial charge in [0.25, 0.3) is 0 Å². The van der Waals surface area contributed by atoms with Crippen LogP contribution in [0.25, 0.3) is 10.4 Å². The van der Waals surface area contributed by atoms with E-state index in [2.05, 4.69) is 64.1 Å². The second-order valence-electron chi connectivity index (χ2n) is 5.28. The third-order valence-corrected chi connectivity index (χ3v) is 4.21. The first-order valence-corrected chi connectivity index (χ1v) is 6.46. The van der Waals surface area contributed by atoms with Gasteiger partial charge in [-0.15, -0.1) is 11.3 Å². The molecule has 0 aliphatic rings. The molecule has 84 valence electrons. The van der Waals surface area contributed by atoms with Crippen molar-refractivity contribution < 1.29 is 0 Å². The van der Waals surface area contributed by atoms with Gasteiger partial charge in [-0.25, -0.2) is 0 Å². The first-order chi connectivity index (χ1) is 7.47. The highest BCUT2D eigenvalue weighted by Gasteiger charge is 2.16. The van der Waals surface area contributed by atoms with Gasteiger partial charge in [-0.2, -0.15) is 0 Å². The van der Waals surface area contributed by atoms with Gasteiger partial charge >= 0.3 is 0 Å². The molecule has 0 radical (unpaired) electrons. The molecule has 0 saturated heterocycles. The fourth-order valence-electron chi connectivity index (χ4n) is 1.69. The molecule has 0 saturated carbocycles. The molecule has 1 aromatic heterocycles. The maximum absolute atomic E-state index is 2.26. The standard InChI is InChI=1S/C15H18S/c1-11-6-5-7-12(10-11)13-8-9-14(16-13)15(2,3)4/h5-10H,1-4H3. The Morgan fingerprint density at radius 2 is 1.75 bits per heavy atom. The van der Waals surface area contributed by atoms with Crippen LogP contribution in [0, 0.1) is 6.92 Å². The normalized spacial score (nSPS) is 11.8. The van der Waals surface area contributed by atoms with Crippen molar-refractivity contribution in [2.45, 2.75) is 33.1 Å². The summed E-state index contributed by atoms with van der Waals surface area (Å²) in [5.74, 6) is 0. The predicted octanol–water partition coefficient (Wildman–Crippen LogP) is 5.02. The summed E-state index contributed by atoms with van der Waals surface area (Å²) in [4.78, 5) is 2.82. The van der Waals surface area contributed by atoms with Crippen molar-refractivity contribution in [1.29, 1.82) is 0 Å². The zero-order chi connectivity index (χ0) is 11.8. The number of thiophene rings is 1. The number of rotatable bonds is 1. The molecular formula is C15H18S. The van der Waals surface area contributed by atoms with Crippen LogP contribution in [-0.4, -0.2) is 0 Å². The molecule has 2 aromatic rings. The lowest BCUT2D eigenvalue weighted by atomic mass is 9.95.